The maximum absolute atomic E-state index is 11.6. The highest BCUT2D eigenvalue weighted by atomic mass is 35.5. The topological polar surface area (TPSA) is 109 Å². The number of urea groups is 1. The fraction of sp³-hybridized carbons (Fsp3) is 0. The number of hydrogen-bond acceptors (Lipinski definition) is 4. The Morgan fingerprint density at radius 3 is 2.65 bits per heavy atom. The third-order valence-corrected chi connectivity index (χ3v) is 3.27. The molecule has 2 rings (SSSR count). The Kier molecular flexibility index (Phi) is 5.06. The molecule has 0 radical (unpaired) electrons. The molecular formula is C15H9Cl2N3O3. The number of carbonyl (C=O) groups excluding carboxylic acids is 2. The number of imide groups is 1. The summed E-state index contributed by atoms with van der Waals surface area (Å²) in [5.41, 5.74) is 5.07. The lowest BCUT2D eigenvalue weighted by molar-refractivity contribution is -0.115. The van der Waals surface area contributed by atoms with Crippen molar-refractivity contribution in [1.82, 2.24) is 5.32 Å². The minimum Gasteiger partial charge on any atom is -0.457 e. The van der Waals surface area contributed by atoms with Gasteiger partial charge in [-0.2, -0.15) is 5.26 Å². The number of benzene rings is 1. The first kappa shape index (κ1) is 16.6. The quantitative estimate of drug-likeness (QED) is 0.653. The highest BCUT2D eigenvalue weighted by Gasteiger charge is 2.13. The smallest absolute Gasteiger partial charge is 0.319 e. The van der Waals surface area contributed by atoms with E-state index in [0.717, 1.165) is 0 Å². The lowest BCUT2D eigenvalue weighted by atomic mass is 10.2. The van der Waals surface area contributed by atoms with Gasteiger partial charge in [0.15, 0.2) is 0 Å². The molecule has 3 N–H and O–H groups in total. The van der Waals surface area contributed by atoms with Gasteiger partial charge in [0, 0.05) is 16.7 Å². The molecule has 0 atom stereocenters. The molecule has 116 valence electrons. The van der Waals surface area contributed by atoms with Crippen molar-refractivity contribution in [2.45, 2.75) is 0 Å². The maximum atomic E-state index is 11.6. The van der Waals surface area contributed by atoms with Crippen LogP contribution in [0.4, 0.5) is 4.79 Å². The zero-order valence-electron chi connectivity index (χ0n) is 11.5. The number of rotatable bonds is 3. The first-order valence-corrected chi connectivity index (χ1v) is 6.94. The van der Waals surface area contributed by atoms with E-state index in [0.29, 0.717) is 21.4 Å². The van der Waals surface area contributed by atoms with E-state index in [4.69, 9.17) is 38.6 Å². The molecule has 1 aromatic carbocycles. The fourth-order valence-electron chi connectivity index (χ4n) is 1.73. The van der Waals surface area contributed by atoms with Crippen molar-refractivity contribution in [3.05, 3.63) is 51.7 Å². The van der Waals surface area contributed by atoms with Gasteiger partial charge in [-0.1, -0.05) is 23.2 Å². The lowest BCUT2D eigenvalue weighted by Crippen LogP contribution is -2.35. The van der Waals surface area contributed by atoms with E-state index in [1.165, 1.54) is 6.08 Å². The molecule has 2 aromatic rings. The van der Waals surface area contributed by atoms with Gasteiger partial charge in [0.05, 0.1) is 5.02 Å². The number of hydrogen-bond donors (Lipinski definition) is 2. The number of nitrogens with zero attached hydrogens (tertiary/aromatic N) is 1. The Hall–Kier alpha value is -2.75. The molecule has 1 aromatic heterocycles. The van der Waals surface area contributed by atoms with Crippen molar-refractivity contribution in [2.24, 2.45) is 5.73 Å². The van der Waals surface area contributed by atoms with Crippen LogP contribution in [-0.2, 0) is 4.79 Å². The van der Waals surface area contributed by atoms with Crippen molar-refractivity contribution >= 4 is 41.2 Å². The van der Waals surface area contributed by atoms with Crippen molar-refractivity contribution in [3.63, 3.8) is 0 Å². The maximum Gasteiger partial charge on any atom is 0.319 e. The van der Waals surface area contributed by atoms with Crippen molar-refractivity contribution in [2.75, 3.05) is 0 Å². The molecule has 3 amide bonds. The van der Waals surface area contributed by atoms with E-state index in [9.17, 15) is 9.59 Å². The largest absolute Gasteiger partial charge is 0.457 e. The SMILES string of the molecule is N#C/C(=C/c1ccc(-c2cc(Cl)ccc2Cl)o1)C(=O)NC(N)=O. The Labute approximate surface area is 141 Å². The third kappa shape index (κ3) is 4.13. The highest BCUT2D eigenvalue weighted by molar-refractivity contribution is 6.35. The molecular weight excluding hydrogens is 341 g/mol. The van der Waals surface area contributed by atoms with Crippen LogP contribution in [0.2, 0.25) is 10.0 Å². The summed E-state index contributed by atoms with van der Waals surface area (Å²) >= 11 is 12.0. The van der Waals surface area contributed by atoms with Gasteiger partial charge in [-0.25, -0.2) is 4.79 Å². The van der Waals surface area contributed by atoms with Gasteiger partial charge in [0.25, 0.3) is 5.91 Å². The molecule has 0 saturated heterocycles. The molecule has 0 aliphatic heterocycles. The Morgan fingerprint density at radius 1 is 1.26 bits per heavy atom. The van der Waals surface area contributed by atoms with E-state index >= 15 is 0 Å². The van der Waals surface area contributed by atoms with Gasteiger partial charge in [0.1, 0.15) is 23.2 Å². The molecule has 0 aliphatic carbocycles. The first-order valence-electron chi connectivity index (χ1n) is 6.18. The number of furan rings is 1. The average Bonchev–Trinajstić information content (AvgIpc) is 2.94. The molecule has 0 unspecified atom stereocenters. The number of carbonyl (C=O) groups is 2. The summed E-state index contributed by atoms with van der Waals surface area (Å²) in [6.45, 7) is 0. The molecule has 0 spiro atoms. The molecule has 8 heteroatoms. The van der Waals surface area contributed by atoms with Crippen LogP contribution in [0.3, 0.4) is 0 Å². The van der Waals surface area contributed by atoms with Crippen LogP contribution >= 0.6 is 23.2 Å². The standard InChI is InChI=1S/C15H9Cl2N3O3/c16-9-1-3-12(17)11(6-9)13-4-2-10(23-13)5-8(7-18)14(21)20-15(19)22/h1-6H,(H3,19,20,21,22)/b8-5-. The van der Waals surface area contributed by atoms with Crippen LogP contribution < -0.4 is 11.1 Å². The minimum absolute atomic E-state index is 0.229. The number of amides is 3. The summed E-state index contributed by atoms with van der Waals surface area (Å²) in [5.74, 6) is -0.276. The van der Waals surface area contributed by atoms with Crippen LogP contribution in [0.15, 0.2) is 40.3 Å². The first-order chi connectivity index (χ1) is 10.9. The van der Waals surface area contributed by atoms with Gasteiger partial charge in [-0.05, 0) is 30.3 Å². The van der Waals surface area contributed by atoms with E-state index in [2.05, 4.69) is 0 Å². The normalized spacial score (nSPS) is 10.9. The molecule has 1 heterocycles. The number of primary amides is 1. The molecule has 0 aliphatic rings. The molecule has 6 nitrogen and oxygen atoms in total. The van der Waals surface area contributed by atoms with Gasteiger partial charge < -0.3 is 10.2 Å². The van der Waals surface area contributed by atoms with E-state index in [1.807, 2.05) is 0 Å². The number of halogens is 2. The molecule has 23 heavy (non-hydrogen) atoms. The van der Waals surface area contributed by atoms with Crippen molar-refractivity contribution < 1.29 is 14.0 Å². The highest BCUT2D eigenvalue weighted by Crippen LogP contribution is 2.32. The number of nitrogens with two attached hydrogens (primary N) is 1. The lowest BCUT2D eigenvalue weighted by Gasteiger charge is -2.01. The summed E-state index contributed by atoms with van der Waals surface area (Å²) in [6, 6.07) is 8.65. The minimum atomic E-state index is -1.05. The van der Waals surface area contributed by atoms with Gasteiger partial charge >= 0.3 is 6.03 Å². The van der Waals surface area contributed by atoms with E-state index in [-0.39, 0.29) is 11.3 Å². The van der Waals surface area contributed by atoms with Gasteiger partial charge in [-0.3, -0.25) is 10.1 Å². The van der Waals surface area contributed by atoms with Crippen LogP contribution in [0, 0.1) is 11.3 Å². The second kappa shape index (κ2) is 7.01. The van der Waals surface area contributed by atoms with Crippen LogP contribution in [0.1, 0.15) is 5.76 Å². The second-order valence-electron chi connectivity index (χ2n) is 4.31. The Bertz CT molecular complexity index is 850. The second-order valence-corrected chi connectivity index (χ2v) is 5.16. The molecule has 0 saturated carbocycles. The summed E-state index contributed by atoms with van der Waals surface area (Å²) in [7, 11) is 0. The zero-order chi connectivity index (χ0) is 17.0. The summed E-state index contributed by atoms with van der Waals surface area (Å²) in [6.07, 6.45) is 1.18. The molecule has 0 fully saturated rings. The monoisotopic (exact) mass is 349 g/mol. The fourth-order valence-corrected chi connectivity index (χ4v) is 2.11. The predicted octanol–water partition coefficient (Wildman–Crippen LogP) is 3.36. The number of nitrogens with one attached hydrogen (secondary N) is 1. The summed E-state index contributed by atoms with van der Waals surface area (Å²) in [5, 5.41) is 11.7. The number of nitriles is 1. The molecule has 0 bridgehead atoms. The van der Waals surface area contributed by atoms with Crippen molar-refractivity contribution in [3.8, 4) is 17.4 Å². The third-order valence-electron chi connectivity index (χ3n) is 2.71. The van der Waals surface area contributed by atoms with Crippen LogP contribution in [0.5, 0.6) is 0 Å². The predicted molar refractivity (Wildman–Crippen MR) is 85.5 cm³/mol. The summed E-state index contributed by atoms with van der Waals surface area (Å²) < 4.78 is 5.53. The Morgan fingerprint density at radius 2 is 2.00 bits per heavy atom. The Balaban J connectivity index is 2.33. The van der Waals surface area contributed by atoms with Gasteiger partial charge in [0.2, 0.25) is 0 Å². The van der Waals surface area contributed by atoms with Crippen molar-refractivity contribution in [1.29, 1.82) is 5.26 Å². The zero-order valence-corrected chi connectivity index (χ0v) is 13.0. The summed E-state index contributed by atoms with van der Waals surface area (Å²) in [4.78, 5) is 22.2. The van der Waals surface area contributed by atoms with Gasteiger partial charge in [-0.15, -0.1) is 0 Å². The average molecular weight is 350 g/mol. The van der Waals surface area contributed by atoms with E-state index in [1.54, 1.807) is 41.7 Å². The van der Waals surface area contributed by atoms with Crippen LogP contribution in [-0.4, -0.2) is 11.9 Å². The van der Waals surface area contributed by atoms with Crippen LogP contribution in [0.25, 0.3) is 17.4 Å². The van der Waals surface area contributed by atoms with E-state index < -0.39 is 11.9 Å².